The van der Waals surface area contributed by atoms with E-state index in [1.807, 2.05) is 0 Å². The van der Waals surface area contributed by atoms with Crippen molar-refractivity contribution in [3.8, 4) is 0 Å². The Morgan fingerprint density at radius 2 is 1.88 bits per heavy atom. The normalized spacial score (nSPS) is 18.6. The van der Waals surface area contributed by atoms with E-state index in [9.17, 15) is 18.3 Å². The summed E-state index contributed by atoms with van der Waals surface area (Å²) in [5.74, 6) is 0. The van der Waals surface area contributed by atoms with Crippen molar-refractivity contribution >= 4 is 11.6 Å². The van der Waals surface area contributed by atoms with Gasteiger partial charge in [0, 0.05) is 10.4 Å². The summed E-state index contributed by atoms with van der Waals surface area (Å²) in [5, 5.41) is 9.23. The molecule has 0 spiro atoms. The first kappa shape index (κ1) is 11.7. The molecule has 0 aliphatic heterocycles. The van der Waals surface area contributed by atoms with Crippen LogP contribution < -0.4 is 0 Å². The molecule has 0 radical (unpaired) electrons. The second-order valence-electron chi connectivity index (χ2n) is 4.16. The minimum absolute atomic E-state index is 0.0598. The van der Waals surface area contributed by atoms with Crippen molar-refractivity contribution in [2.45, 2.75) is 24.4 Å². The van der Waals surface area contributed by atoms with Gasteiger partial charge in [0.2, 0.25) is 0 Å². The Hall–Kier alpha value is -0.740. The van der Waals surface area contributed by atoms with Gasteiger partial charge < -0.3 is 5.11 Å². The summed E-state index contributed by atoms with van der Waals surface area (Å²) in [6, 6.07) is 3.48. The highest BCUT2D eigenvalue weighted by molar-refractivity contribution is 6.30. The molecule has 0 atom stereocenters. The van der Waals surface area contributed by atoms with Crippen LogP contribution in [0.25, 0.3) is 0 Å². The smallest absolute Gasteiger partial charge is 0.395 e. The van der Waals surface area contributed by atoms with Crippen LogP contribution in [0.5, 0.6) is 0 Å². The van der Waals surface area contributed by atoms with E-state index < -0.39 is 17.2 Å². The fourth-order valence-corrected chi connectivity index (χ4v) is 1.98. The van der Waals surface area contributed by atoms with E-state index >= 15 is 0 Å². The maximum atomic E-state index is 12.5. The number of aliphatic hydroxyl groups excluding tert-OH is 1. The fourth-order valence-electron chi connectivity index (χ4n) is 1.75. The zero-order valence-corrected chi connectivity index (χ0v) is 9.07. The molecular formula is C11H10ClF3O. The van der Waals surface area contributed by atoms with Gasteiger partial charge in [0.05, 0.1) is 12.2 Å². The Morgan fingerprint density at radius 3 is 2.31 bits per heavy atom. The van der Waals surface area contributed by atoms with Gasteiger partial charge in [0.25, 0.3) is 0 Å². The molecule has 1 aromatic carbocycles. The highest BCUT2D eigenvalue weighted by Gasteiger charge is 2.45. The van der Waals surface area contributed by atoms with Crippen molar-refractivity contribution in [3.05, 3.63) is 34.3 Å². The van der Waals surface area contributed by atoms with Crippen molar-refractivity contribution in [1.82, 2.24) is 0 Å². The van der Waals surface area contributed by atoms with Gasteiger partial charge in [-0.15, -0.1) is 0 Å². The molecule has 1 fully saturated rings. The van der Waals surface area contributed by atoms with Crippen LogP contribution in [0.2, 0.25) is 5.02 Å². The molecule has 0 amide bonds. The third-order valence-electron chi connectivity index (χ3n) is 2.99. The summed E-state index contributed by atoms with van der Waals surface area (Å²) in [4.78, 5) is 0. The van der Waals surface area contributed by atoms with Gasteiger partial charge >= 0.3 is 6.18 Å². The van der Waals surface area contributed by atoms with E-state index in [1.54, 1.807) is 0 Å². The molecule has 88 valence electrons. The molecular weight excluding hydrogens is 241 g/mol. The van der Waals surface area contributed by atoms with E-state index in [0.717, 1.165) is 12.1 Å². The molecule has 5 heteroatoms. The second kappa shape index (κ2) is 3.64. The molecule has 2 rings (SSSR count). The fraction of sp³-hybridized carbons (Fsp3) is 0.455. The Morgan fingerprint density at radius 1 is 1.25 bits per heavy atom. The number of hydrogen-bond acceptors (Lipinski definition) is 1. The van der Waals surface area contributed by atoms with Crippen LogP contribution in [-0.4, -0.2) is 11.7 Å². The second-order valence-corrected chi connectivity index (χ2v) is 4.60. The Bertz CT molecular complexity index is 410. The molecule has 0 bridgehead atoms. The van der Waals surface area contributed by atoms with Crippen molar-refractivity contribution in [2.75, 3.05) is 6.61 Å². The first-order valence-electron chi connectivity index (χ1n) is 4.86. The van der Waals surface area contributed by atoms with Gasteiger partial charge in [-0.25, -0.2) is 0 Å². The molecule has 0 aromatic heterocycles. The van der Waals surface area contributed by atoms with Gasteiger partial charge in [0.15, 0.2) is 0 Å². The predicted molar refractivity (Wildman–Crippen MR) is 54.5 cm³/mol. The third-order valence-corrected chi connectivity index (χ3v) is 3.21. The van der Waals surface area contributed by atoms with Gasteiger partial charge in [-0.1, -0.05) is 11.6 Å². The highest BCUT2D eigenvalue weighted by Crippen LogP contribution is 2.49. The summed E-state index contributed by atoms with van der Waals surface area (Å²) in [6.45, 7) is -0.134. The van der Waals surface area contributed by atoms with E-state index in [1.165, 1.54) is 6.07 Å². The van der Waals surface area contributed by atoms with Gasteiger partial charge in [-0.2, -0.15) is 13.2 Å². The Balaban J connectivity index is 2.45. The summed E-state index contributed by atoms with van der Waals surface area (Å²) in [5.41, 5.74) is -0.769. The van der Waals surface area contributed by atoms with Gasteiger partial charge in [0.1, 0.15) is 0 Å². The van der Waals surface area contributed by atoms with E-state index in [-0.39, 0.29) is 11.6 Å². The number of benzene rings is 1. The summed E-state index contributed by atoms with van der Waals surface area (Å²) >= 11 is 5.67. The van der Waals surface area contributed by atoms with Crippen molar-refractivity contribution in [3.63, 3.8) is 0 Å². The molecule has 1 nitrogen and oxygen atoms in total. The first-order chi connectivity index (χ1) is 7.37. The zero-order valence-electron chi connectivity index (χ0n) is 8.31. The Kier molecular flexibility index (Phi) is 2.67. The zero-order chi connectivity index (χ0) is 12.0. The van der Waals surface area contributed by atoms with Crippen molar-refractivity contribution < 1.29 is 18.3 Å². The van der Waals surface area contributed by atoms with Crippen LogP contribution in [0.4, 0.5) is 13.2 Å². The van der Waals surface area contributed by atoms with Crippen LogP contribution in [0.1, 0.15) is 24.0 Å². The minimum atomic E-state index is -4.40. The average molecular weight is 251 g/mol. The van der Waals surface area contributed by atoms with Gasteiger partial charge in [-0.3, -0.25) is 0 Å². The maximum absolute atomic E-state index is 12.5. The Labute approximate surface area is 95.8 Å². The highest BCUT2D eigenvalue weighted by atomic mass is 35.5. The van der Waals surface area contributed by atoms with E-state index in [2.05, 4.69) is 0 Å². The van der Waals surface area contributed by atoms with Crippen LogP contribution in [0, 0.1) is 0 Å². The SMILES string of the molecule is OCC1(c2cc(Cl)cc(C(F)(F)F)c2)CC1. The summed E-state index contributed by atoms with van der Waals surface area (Å²) in [6.07, 6.45) is -2.98. The lowest BCUT2D eigenvalue weighted by atomic mass is 9.95. The van der Waals surface area contributed by atoms with Crippen LogP contribution >= 0.6 is 11.6 Å². The minimum Gasteiger partial charge on any atom is -0.395 e. The quantitative estimate of drug-likeness (QED) is 0.853. The lowest BCUT2D eigenvalue weighted by molar-refractivity contribution is -0.137. The molecule has 1 N–H and O–H groups in total. The molecule has 1 aliphatic carbocycles. The predicted octanol–water partition coefficient (Wildman–Crippen LogP) is 3.38. The van der Waals surface area contributed by atoms with Crippen LogP contribution in [0.3, 0.4) is 0 Å². The van der Waals surface area contributed by atoms with Crippen molar-refractivity contribution in [2.24, 2.45) is 0 Å². The van der Waals surface area contributed by atoms with Crippen molar-refractivity contribution in [1.29, 1.82) is 0 Å². The molecule has 16 heavy (non-hydrogen) atoms. The molecule has 0 heterocycles. The van der Waals surface area contributed by atoms with E-state index in [4.69, 9.17) is 11.6 Å². The first-order valence-corrected chi connectivity index (χ1v) is 5.24. The number of hydrogen-bond donors (Lipinski definition) is 1. The lowest BCUT2D eigenvalue weighted by Crippen LogP contribution is -2.14. The topological polar surface area (TPSA) is 20.2 Å². The molecule has 1 saturated carbocycles. The maximum Gasteiger partial charge on any atom is 0.416 e. The van der Waals surface area contributed by atoms with E-state index in [0.29, 0.717) is 18.4 Å². The molecule has 0 saturated heterocycles. The summed E-state index contributed by atoms with van der Waals surface area (Å²) < 4.78 is 37.6. The monoisotopic (exact) mass is 250 g/mol. The number of rotatable bonds is 2. The summed E-state index contributed by atoms with van der Waals surface area (Å²) in [7, 11) is 0. The average Bonchev–Trinajstić information content (AvgIpc) is 2.96. The number of aliphatic hydroxyl groups is 1. The lowest BCUT2D eigenvalue weighted by Gasteiger charge is -2.15. The van der Waals surface area contributed by atoms with Crippen LogP contribution in [0.15, 0.2) is 18.2 Å². The largest absolute Gasteiger partial charge is 0.416 e. The van der Waals surface area contributed by atoms with Gasteiger partial charge in [-0.05, 0) is 36.6 Å². The standard InChI is InChI=1S/C11H10ClF3O/c12-9-4-7(10(6-16)1-2-10)3-8(5-9)11(13,14)15/h3-5,16H,1-2,6H2. The number of alkyl halides is 3. The molecule has 0 unspecified atom stereocenters. The molecule has 1 aliphatic rings. The third kappa shape index (κ3) is 2.04. The number of halogens is 4. The molecule has 1 aromatic rings. The van der Waals surface area contributed by atoms with Crippen LogP contribution in [-0.2, 0) is 11.6 Å².